The number of benzene rings is 2. The Labute approximate surface area is 204 Å². The summed E-state index contributed by atoms with van der Waals surface area (Å²) in [4.78, 5) is 28.7. The van der Waals surface area contributed by atoms with Crippen LogP contribution in [0.5, 0.6) is 0 Å². The Hall–Kier alpha value is -3.62. The number of H-pyrrole nitrogens is 2. The summed E-state index contributed by atoms with van der Waals surface area (Å²) in [5, 5.41) is 13.4. The van der Waals surface area contributed by atoms with Gasteiger partial charge in [0.25, 0.3) is 5.56 Å². The minimum atomic E-state index is -0.243. The first kappa shape index (κ1) is 23.1. The van der Waals surface area contributed by atoms with Crippen LogP contribution in [0.1, 0.15) is 11.1 Å². The summed E-state index contributed by atoms with van der Waals surface area (Å²) < 4.78 is 0. The van der Waals surface area contributed by atoms with Gasteiger partial charge in [0.1, 0.15) is 11.4 Å². The van der Waals surface area contributed by atoms with Crippen molar-refractivity contribution in [1.29, 1.82) is 0 Å². The van der Waals surface area contributed by atoms with Gasteiger partial charge in [-0.25, -0.2) is 4.98 Å². The van der Waals surface area contributed by atoms with Gasteiger partial charge in [0.2, 0.25) is 0 Å². The topological polar surface area (TPSA) is 100 Å². The highest BCUT2D eigenvalue weighted by atomic mass is 16.3. The third-order valence-electron chi connectivity index (χ3n) is 6.73. The molecular weight excluding hydrogens is 440 g/mol. The maximum Gasteiger partial charge on any atom is 0.261 e. The third-order valence-corrected chi connectivity index (χ3v) is 6.73. The van der Waals surface area contributed by atoms with E-state index in [1.165, 1.54) is 5.69 Å². The molecular formula is C27H32N6O2. The molecule has 1 fully saturated rings. The molecule has 3 heterocycles. The lowest BCUT2D eigenvalue weighted by molar-refractivity contribution is 0.274. The molecule has 182 valence electrons. The van der Waals surface area contributed by atoms with Crippen LogP contribution in [0.4, 0.5) is 11.4 Å². The zero-order chi connectivity index (χ0) is 24.4. The zero-order valence-corrected chi connectivity index (χ0v) is 20.2. The zero-order valence-electron chi connectivity index (χ0n) is 20.2. The Balaban J connectivity index is 1.47. The second-order valence-corrected chi connectivity index (χ2v) is 9.34. The standard InChI is InChI=1S/C27H32N6O2/c1-18-14-21(33-12-10-32(2)11-13-33)16-23-25(18)31-26(30-23)24-22(8-9-28-27(24)35)29-20(17-34)15-19-6-4-3-5-7-19/h3-9,14,16,20,34H,10-13,15,17H2,1-2H3,(H,30,31)(H2,28,29,35)/t20-/m0/s1. The molecule has 0 bridgehead atoms. The molecule has 0 amide bonds. The number of nitrogens with one attached hydrogen (secondary N) is 3. The van der Waals surface area contributed by atoms with Gasteiger partial charge in [-0.2, -0.15) is 0 Å². The van der Waals surface area contributed by atoms with E-state index in [9.17, 15) is 9.90 Å². The van der Waals surface area contributed by atoms with Crippen molar-refractivity contribution in [3.63, 3.8) is 0 Å². The summed E-state index contributed by atoms with van der Waals surface area (Å²) in [6, 6.07) is 15.9. The average molecular weight is 473 g/mol. The smallest absolute Gasteiger partial charge is 0.261 e. The second kappa shape index (κ2) is 9.93. The van der Waals surface area contributed by atoms with Gasteiger partial charge in [-0.1, -0.05) is 30.3 Å². The van der Waals surface area contributed by atoms with Gasteiger partial charge < -0.3 is 30.2 Å². The minimum Gasteiger partial charge on any atom is -0.394 e. The molecule has 0 aliphatic carbocycles. The molecule has 2 aromatic carbocycles. The maximum absolute atomic E-state index is 12.9. The molecule has 1 aliphatic heterocycles. The number of anilines is 2. The monoisotopic (exact) mass is 472 g/mol. The number of pyridine rings is 1. The molecule has 5 rings (SSSR count). The van der Waals surface area contributed by atoms with E-state index in [0.717, 1.165) is 48.3 Å². The molecule has 8 heteroatoms. The molecule has 1 saturated heterocycles. The van der Waals surface area contributed by atoms with Gasteiger partial charge in [-0.05, 0) is 49.7 Å². The molecule has 35 heavy (non-hydrogen) atoms. The van der Waals surface area contributed by atoms with Crippen molar-refractivity contribution < 1.29 is 5.11 Å². The highest BCUT2D eigenvalue weighted by Crippen LogP contribution is 2.30. The van der Waals surface area contributed by atoms with Gasteiger partial charge in [0, 0.05) is 38.1 Å². The average Bonchev–Trinajstić information content (AvgIpc) is 3.29. The summed E-state index contributed by atoms with van der Waals surface area (Å²) in [5.74, 6) is 0.513. The number of aliphatic hydroxyl groups is 1. The Morgan fingerprint density at radius 3 is 2.63 bits per heavy atom. The Kier molecular flexibility index (Phi) is 6.57. The third kappa shape index (κ3) is 4.94. The van der Waals surface area contributed by atoms with E-state index in [4.69, 9.17) is 4.98 Å². The van der Waals surface area contributed by atoms with E-state index in [2.05, 4.69) is 51.2 Å². The van der Waals surface area contributed by atoms with Crippen molar-refractivity contribution >= 4 is 22.4 Å². The molecule has 4 aromatic rings. The number of aromatic nitrogens is 3. The van der Waals surface area contributed by atoms with E-state index in [1.54, 1.807) is 6.20 Å². The van der Waals surface area contributed by atoms with Crippen LogP contribution in [-0.4, -0.2) is 70.8 Å². The number of fused-ring (bicyclic) bond motifs is 1. The van der Waals surface area contributed by atoms with Gasteiger partial charge in [-0.3, -0.25) is 4.79 Å². The van der Waals surface area contributed by atoms with Crippen LogP contribution in [0, 0.1) is 6.92 Å². The fourth-order valence-corrected chi connectivity index (χ4v) is 4.75. The van der Waals surface area contributed by atoms with Crippen LogP contribution in [0.15, 0.2) is 59.5 Å². The molecule has 1 atom stereocenters. The van der Waals surface area contributed by atoms with E-state index in [0.29, 0.717) is 23.5 Å². The fourth-order valence-electron chi connectivity index (χ4n) is 4.75. The van der Waals surface area contributed by atoms with Crippen LogP contribution < -0.4 is 15.8 Å². The number of hydrogen-bond acceptors (Lipinski definition) is 6. The quantitative estimate of drug-likeness (QED) is 0.330. The van der Waals surface area contributed by atoms with Gasteiger partial charge in [0.15, 0.2) is 0 Å². The van der Waals surface area contributed by atoms with Gasteiger partial charge >= 0.3 is 0 Å². The van der Waals surface area contributed by atoms with Crippen molar-refractivity contribution in [3.05, 3.63) is 76.2 Å². The van der Waals surface area contributed by atoms with Gasteiger partial charge in [-0.15, -0.1) is 0 Å². The Bertz CT molecular complexity index is 1360. The highest BCUT2D eigenvalue weighted by molar-refractivity contribution is 5.87. The highest BCUT2D eigenvalue weighted by Gasteiger charge is 2.20. The minimum absolute atomic E-state index is 0.0608. The largest absolute Gasteiger partial charge is 0.394 e. The van der Waals surface area contributed by atoms with Crippen LogP contribution in [0.3, 0.4) is 0 Å². The second-order valence-electron chi connectivity index (χ2n) is 9.34. The number of rotatable bonds is 7. The number of likely N-dealkylation sites (N-methyl/N-ethyl adjacent to an activating group) is 1. The number of aliphatic hydroxyl groups excluding tert-OH is 1. The molecule has 1 aliphatic rings. The lowest BCUT2D eigenvalue weighted by Crippen LogP contribution is -2.44. The van der Waals surface area contributed by atoms with Crippen LogP contribution in [-0.2, 0) is 6.42 Å². The number of piperazine rings is 1. The number of imidazole rings is 1. The van der Waals surface area contributed by atoms with Gasteiger partial charge in [0.05, 0.1) is 29.4 Å². The van der Waals surface area contributed by atoms with E-state index in [-0.39, 0.29) is 18.2 Å². The summed E-state index contributed by atoms with van der Waals surface area (Å²) in [6.07, 6.45) is 2.25. The van der Waals surface area contributed by atoms with E-state index in [1.807, 2.05) is 36.4 Å². The normalized spacial score (nSPS) is 15.5. The molecule has 0 saturated carbocycles. The molecule has 4 N–H and O–H groups in total. The van der Waals surface area contributed by atoms with Crippen molar-refractivity contribution in [2.75, 3.05) is 50.1 Å². The van der Waals surface area contributed by atoms with E-state index >= 15 is 0 Å². The summed E-state index contributed by atoms with van der Waals surface area (Å²) >= 11 is 0. The predicted molar refractivity (Wildman–Crippen MR) is 141 cm³/mol. The first-order valence-electron chi connectivity index (χ1n) is 12.1. The van der Waals surface area contributed by atoms with Crippen LogP contribution in [0.2, 0.25) is 0 Å². The number of hydrogen-bond donors (Lipinski definition) is 4. The number of nitrogens with zero attached hydrogens (tertiary/aromatic N) is 3. The molecule has 2 aromatic heterocycles. The number of aromatic amines is 2. The SMILES string of the molecule is Cc1cc(N2CCN(C)CC2)cc2[nH]c(-c3c(N[C@H](CO)Cc4ccccc4)cc[nH]c3=O)nc12. The Morgan fingerprint density at radius 1 is 1.11 bits per heavy atom. The van der Waals surface area contributed by atoms with Crippen molar-refractivity contribution in [3.8, 4) is 11.4 Å². The molecule has 0 spiro atoms. The molecule has 0 radical (unpaired) electrons. The first-order chi connectivity index (χ1) is 17.0. The fraction of sp³-hybridized carbons (Fsp3) is 0.333. The lowest BCUT2D eigenvalue weighted by atomic mass is 10.1. The van der Waals surface area contributed by atoms with Crippen LogP contribution >= 0.6 is 0 Å². The number of aryl methyl sites for hydroxylation is 1. The Morgan fingerprint density at radius 2 is 1.89 bits per heavy atom. The molecule has 8 nitrogen and oxygen atoms in total. The first-order valence-corrected chi connectivity index (χ1v) is 12.1. The maximum atomic E-state index is 12.9. The molecule has 0 unspecified atom stereocenters. The van der Waals surface area contributed by atoms with Crippen molar-refractivity contribution in [2.24, 2.45) is 0 Å². The summed E-state index contributed by atoms with van der Waals surface area (Å²) in [7, 11) is 2.15. The van der Waals surface area contributed by atoms with Crippen molar-refractivity contribution in [2.45, 2.75) is 19.4 Å². The van der Waals surface area contributed by atoms with E-state index < -0.39 is 0 Å². The lowest BCUT2D eigenvalue weighted by Gasteiger charge is -2.34. The summed E-state index contributed by atoms with van der Waals surface area (Å²) in [5.41, 5.74) is 5.96. The van der Waals surface area contributed by atoms with Crippen LogP contribution in [0.25, 0.3) is 22.4 Å². The van der Waals surface area contributed by atoms with Crippen molar-refractivity contribution in [1.82, 2.24) is 19.9 Å². The summed E-state index contributed by atoms with van der Waals surface area (Å²) in [6.45, 7) is 6.04. The predicted octanol–water partition coefficient (Wildman–Crippen LogP) is 2.99.